The van der Waals surface area contributed by atoms with Crippen molar-refractivity contribution in [3.63, 3.8) is 0 Å². The Morgan fingerprint density at radius 2 is 1.77 bits per heavy atom. The molecule has 3 aromatic rings. The minimum atomic E-state index is -0.748. The smallest absolute Gasteiger partial charge is 0.261 e. The predicted octanol–water partition coefficient (Wildman–Crippen LogP) is 5.01. The fraction of sp³-hybridized carbons (Fsp3) is 0.286. The van der Waals surface area contributed by atoms with Gasteiger partial charge in [-0.3, -0.25) is 4.79 Å². The van der Waals surface area contributed by atoms with Crippen LogP contribution in [0.1, 0.15) is 12.5 Å². The second kappa shape index (κ2) is 8.31. The topological polar surface area (TPSA) is 48.4 Å². The molecule has 3 aliphatic heterocycles. The molecule has 3 aromatic carbocycles. The SMILES string of the molecule is COc1ccc(N2CCN3c4cc(Cl)ccc4CC4(C(=O)N(c5ccccc5)N=C4C)C3C2)cc1. The average molecular weight is 487 g/mol. The van der Waals surface area contributed by atoms with Crippen LogP contribution in [0.4, 0.5) is 17.1 Å². The number of benzene rings is 3. The van der Waals surface area contributed by atoms with E-state index in [9.17, 15) is 4.79 Å². The van der Waals surface area contributed by atoms with Crippen molar-refractivity contribution in [2.24, 2.45) is 10.5 Å². The fourth-order valence-electron chi connectivity index (χ4n) is 5.85. The number of anilines is 3. The third-order valence-electron chi connectivity index (χ3n) is 7.68. The number of halogens is 1. The van der Waals surface area contributed by atoms with Gasteiger partial charge in [-0.2, -0.15) is 10.1 Å². The molecule has 1 spiro atoms. The molecule has 0 aliphatic carbocycles. The number of piperazine rings is 1. The highest BCUT2D eigenvalue weighted by Crippen LogP contribution is 2.49. The number of rotatable bonds is 3. The average Bonchev–Trinajstić information content (AvgIpc) is 3.15. The largest absolute Gasteiger partial charge is 0.497 e. The quantitative estimate of drug-likeness (QED) is 0.522. The summed E-state index contributed by atoms with van der Waals surface area (Å²) in [6.45, 7) is 4.35. The lowest BCUT2D eigenvalue weighted by Crippen LogP contribution is -2.67. The minimum absolute atomic E-state index is 0.0355. The van der Waals surface area contributed by atoms with Crippen LogP contribution in [-0.4, -0.2) is 44.4 Å². The number of nitrogens with zero attached hydrogens (tertiary/aromatic N) is 4. The third kappa shape index (κ3) is 3.39. The Hall–Kier alpha value is -3.51. The van der Waals surface area contributed by atoms with Crippen LogP contribution in [0.3, 0.4) is 0 Å². The molecule has 0 radical (unpaired) electrons. The molecule has 3 aliphatic rings. The van der Waals surface area contributed by atoms with Gasteiger partial charge in [0.1, 0.15) is 11.2 Å². The Balaban J connectivity index is 1.44. The van der Waals surface area contributed by atoms with Crippen molar-refractivity contribution in [3.8, 4) is 5.75 Å². The Morgan fingerprint density at radius 3 is 2.51 bits per heavy atom. The van der Waals surface area contributed by atoms with Gasteiger partial charge in [-0.15, -0.1) is 0 Å². The van der Waals surface area contributed by atoms with E-state index in [0.717, 1.165) is 47.2 Å². The van der Waals surface area contributed by atoms with Gasteiger partial charge in [0, 0.05) is 36.0 Å². The van der Waals surface area contributed by atoms with Gasteiger partial charge in [0.05, 0.1) is 24.6 Å². The lowest BCUT2D eigenvalue weighted by atomic mass is 9.67. The number of carbonyl (C=O) groups excluding carboxylic acids is 1. The van der Waals surface area contributed by atoms with Crippen LogP contribution < -0.4 is 19.5 Å². The molecule has 0 aromatic heterocycles. The maximum absolute atomic E-state index is 14.3. The molecule has 6 rings (SSSR count). The predicted molar refractivity (Wildman–Crippen MR) is 141 cm³/mol. The van der Waals surface area contributed by atoms with Gasteiger partial charge in [0.25, 0.3) is 5.91 Å². The van der Waals surface area contributed by atoms with Gasteiger partial charge in [-0.25, -0.2) is 0 Å². The number of hydrogen-bond acceptors (Lipinski definition) is 5. The Bertz CT molecular complexity index is 1310. The standard InChI is InChI=1S/C28H27ClN4O2/c1-19-28(27(34)33(30-19)23-6-4-3-5-7-23)17-20-8-9-21(29)16-25(20)32-15-14-31(18-26(28)32)22-10-12-24(35-2)13-11-22/h3-13,16,26H,14-15,17-18H2,1-2H3. The summed E-state index contributed by atoms with van der Waals surface area (Å²) >= 11 is 6.42. The van der Waals surface area contributed by atoms with E-state index in [1.165, 1.54) is 0 Å². The monoisotopic (exact) mass is 486 g/mol. The van der Waals surface area contributed by atoms with E-state index in [4.69, 9.17) is 21.4 Å². The van der Waals surface area contributed by atoms with Crippen LogP contribution >= 0.6 is 11.6 Å². The molecule has 6 nitrogen and oxygen atoms in total. The van der Waals surface area contributed by atoms with Crippen LogP contribution in [0.15, 0.2) is 77.9 Å². The molecule has 1 fully saturated rings. The van der Waals surface area contributed by atoms with E-state index in [0.29, 0.717) is 18.0 Å². The van der Waals surface area contributed by atoms with Crippen LogP contribution in [0, 0.1) is 5.41 Å². The zero-order valence-electron chi connectivity index (χ0n) is 19.8. The van der Waals surface area contributed by atoms with Crippen molar-refractivity contribution in [2.75, 3.05) is 41.6 Å². The van der Waals surface area contributed by atoms with Crippen molar-refractivity contribution in [1.29, 1.82) is 0 Å². The molecule has 0 N–H and O–H groups in total. The molecule has 2 unspecified atom stereocenters. The summed E-state index contributed by atoms with van der Waals surface area (Å²) in [4.78, 5) is 19.0. The van der Waals surface area contributed by atoms with E-state index in [1.807, 2.05) is 61.5 Å². The number of para-hydroxylation sites is 1. The Kier molecular flexibility index (Phi) is 5.22. The normalized spacial score (nSPS) is 23.3. The zero-order valence-corrected chi connectivity index (χ0v) is 20.6. The molecular weight excluding hydrogens is 460 g/mol. The number of hydrogen-bond donors (Lipinski definition) is 0. The van der Waals surface area contributed by atoms with Crippen LogP contribution in [0.2, 0.25) is 5.02 Å². The minimum Gasteiger partial charge on any atom is -0.497 e. The van der Waals surface area contributed by atoms with Gasteiger partial charge in [-0.05, 0) is 67.4 Å². The first-order valence-electron chi connectivity index (χ1n) is 11.9. The summed E-state index contributed by atoms with van der Waals surface area (Å²) in [5.41, 5.74) is 4.30. The van der Waals surface area contributed by atoms with Crippen molar-refractivity contribution >= 4 is 40.3 Å². The van der Waals surface area contributed by atoms with E-state index in [-0.39, 0.29) is 11.9 Å². The molecule has 1 amide bonds. The van der Waals surface area contributed by atoms with Crippen molar-refractivity contribution in [2.45, 2.75) is 19.4 Å². The van der Waals surface area contributed by atoms with Gasteiger partial charge in [-0.1, -0.05) is 35.9 Å². The molecular formula is C28H27ClN4O2. The lowest BCUT2D eigenvalue weighted by Gasteiger charge is -2.53. The molecule has 1 saturated heterocycles. The first kappa shape index (κ1) is 22.0. The van der Waals surface area contributed by atoms with Gasteiger partial charge in [0.2, 0.25) is 0 Å². The maximum atomic E-state index is 14.3. The molecule has 0 saturated carbocycles. The second-order valence-corrected chi connectivity index (χ2v) is 9.85. The van der Waals surface area contributed by atoms with Crippen LogP contribution in [0.5, 0.6) is 5.75 Å². The molecule has 7 heteroatoms. The first-order chi connectivity index (χ1) is 17.0. The first-order valence-corrected chi connectivity index (χ1v) is 12.3. The molecule has 178 valence electrons. The van der Waals surface area contributed by atoms with E-state index in [1.54, 1.807) is 12.1 Å². The van der Waals surface area contributed by atoms with E-state index >= 15 is 0 Å². The lowest BCUT2D eigenvalue weighted by molar-refractivity contribution is -0.125. The number of fused-ring (bicyclic) bond motifs is 4. The summed E-state index contributed by atoms with van der Waals surface area (Å²) in [5, 5.41) is 7.14. The maximum Gasteiger partial charge on any atom is 0.261 e. The summed E-state index contributed by atoms with van der Waals surface area (Å²) in [7, 11) is 1.68. The number of hydrazone groups is 1. The highest BCUT2D eigenvalue weighted by molar-refractivity contribution is 6.31. The van der Waals surface area contributed by atoms with E-state index < -0.39 is 5.41 Å². The second-order valence-electron chi connectivity index (χ2n) is 9.41. The molecule has 3 heterocycles. The number of methoxy groups -OCH3 is 1. The number of carbonyl (C=O) groups is 1. The summed E-state index contributed by atoms with van der Waals surface area (Å²) in [6, 6.07) is 23.8. The molecule has 35 heavy (non-hydrogen) atoms. The summed E-state index contributed by atoms with van der Waals surface area (Å²) in [6.07, 6.45) is 0.606. The van der Waals surface area contributed by atoms with Crippen molar-refractivity contribution < 1.29 is 9.53 Å². The van der Waals surface area contributed by atoms with Crippen LogP contribution in [-0.2, 0) is 11.2 Å². The van der Waals surface area contributed by atoms with Crippen molar-refractivity contribution in [3.05, 3.63) is 83.4 Å². The Labute approximate surface area is 210 Å². The zero-order chi connectivity index (χ0) is 24.2. The molecule has 0 bridgehead atoms. The summed E-state index contributed by atoms with van der Waals surface area (Å²) < 4.78 is 5.35. The van der Waals surface area contributed by atoms with E-state index in [2.05, 4.69) is 28.0 Å². The van der Waals surface area contributed by atoms with Gasteiger partial charge < -0.3 is 14.5 Å². The van der Waals surface area contributed by atoms with Gasteiger partial charge >= 0.3 is 0 Å². The third-order valence-corrected chi connectivity index (χ3v) is 7.92. The number of amides is 1. The van der Waals surface area contributed by atoms with Crippen molar-refractivity contribution in [1.82, 2.24) is 0 Å². The van der Waals surface area contributed by atoms with Crippen LogP contribution in [0.25, 0.3) is 0 Å². The number of ether oxygens (including phenoxy) is 1. The highest BCUT2D eigenvalue weighted by atomic mass is 35.5. The molecule has 2 atom stereocenters. The summed E-state index contributed by atoms with van der Waals surface area (Å²) in [5.74, 6) is 0.867. The fourth-order valence-corrected chi connectivity index (χ4v) is 6.02. The highest BCUT2D eigenvalue weighted by Gasteiger charge is 2.60. The van der Waals surface area contributed by atoms with Gasteiger partial charge in [0.15, 0.2) is 0 Å². The Morgan fingerprint density at radius 1 is 1.00 bits per heavy atom.